The molecule has 2 unspecified atom stereocenters. The Morgan fingerprint density at radius 1 is 0.974 bits per heavy atom. The number of aromatic nitrogens is 3. The summed E-state index contributed by atoms with van der Waals surface area (Å²) in [5.74, 6) is 2.12. The van der Waals surface area contributed by atoms with Gasteiger partial charge in [-0.15, -0.1) is 0 Å². The first-order valence-corrected chi connectivity index (χ1v) is 15.0. The second-order valence-electron chi connectivity index (χ2n) is 12.4. The zero-order valence-corrected chi connectivity index (χ0v) is 24.1. The minimum atomic E-state index is -0.105. The fourth-order valence-electron chi connectivity index (χ4n) is 6.81. The van der Waals surface area contributed by atoms with E-state index in [4.69, 9.17) is 22.4 Å². The summed E-state index contributed by atoms with van der Waals surface area (Å²) in [6.45, 7) is 13.2. The normalized spacial score (nSPS) is 25.4. The zero-order valence-electron chi connectivity index (χ0n) is 24.1. The molecule has 7 heteroatoms. The van der Waals surface area contributed by atoms with Gasteiger partial charge in [-0.2, -0.15) is 9.61 Å². The predicted molar refractivity (Wildman–Crippen MR) is 160 cm³/mol. The molecule has 2 N–H and O–H groups in total. The first kappa shape index (κ1) is 26.2. The van der Waals surface area contributed by atoms with Gasteiger partial charge in [0.25, 0.3) is 0 Å². The summed E-state index contributed by atoms with van der Waals surface area (Å²) in [6.07, 6.45) is 9.43. The Kier molecular flexibility index (Phi) is 7.04. The van der Waals surface area contributed by atoms with E-state index in [1.807, 2.05) is 0 Å². The maximum Gasteiger partial charge on any atom is 0.160 e. The SMILES string of the molecule is C=C1N2CCCCC2c2cc3nc(N4CC(N)C4)cc(n3n2)N(C)CCCCCCC1(C)c1ccc(C)cc1. The lowest BCUT2D eigenvalue weighted by Crippen LogP contribution is -2.56. The number of aryl methyl sites for hydroxylation is 1. The summed E-state index contributed by atoms with van der Waals surface area (Å²) in [5, 5.41) is 5.25. The van der Waals surface area contributed by atoms with Crippen molar-refractivity contribution in [3.63, 3.8) is 0 Å². The topological polar surface area (TPSA) is 65.9 Å². The molecule has 2 saturated heterocycles. The van der Waals surface area contributed by atoms with Crippen LogP contribution in [0.3, 0.4) is 0 Å². The van der Waals surface area contributed by atoms with Crippen LogP contribution >= 0.6 is 0 Å². The standard InChI is InChI=1S/C32H45N7/c1-23-12-14-25(15-13-23)32(3)16-8-5-6-9-17-36(4)31-20-29(37-21-26(33)22-37)34-30-19-27(35-39(30)31)28-11-7-10-18-38(28)24(32)2/h12-15,19-20,26,28H,2,5-11,16-18,21-22,33H2,1,3-4H3. The average Bonchev–Trinajstić information content (AvgIpc) is 3.36. The van der Waals surface area contributed by atoms with E-state index in [0.717, 1.165) is 68.4 Å². The van der Waals surface area contributed by atoms with Crippen molar-refractivity contribution in [2.45, 2.75) is 82.7 Å². The van der Waals surface area contributed by atoms with Gasteiger partial charge in [-0.05, 0) is 44.6 Å². The largest absolute Gasteiger partial charge is 0.366 e. The molecule has 2 aromatic heterocycles. The molecule has 208 valence electrons. The van der Waals surface area contributed by atoms with Gasteiger partial charge in [0.2, 0.25) is 0 Å². The second-order valence-corrected chi connectivity index (χ2v) is 12.4. The zero-order chi connectivity index (χ0) is 27.1. The lowest BCUT2D eigenvalue weighted by atomic mass is 9.74. The van der Waals surface area contributed by atoms with Crippen molar-refractivity contribution < 1.29 is 0 Å². The van der Waals surface area contributed by atoms with Gasteiger partial charge in [0, 0.05) is 62.5 Å². The minimum absolute atomic E-state index is 0.105. The van der Waals surface area contributed by atoms with Crippen LogP contribution in [0.25, 0.3) is 5.65 Å². The Morgan fingerprint density at radius 2 is 1.72 bits per heavy atom. The van der Waals surface area contributed by atoms with Crippen LogP contribution in [-0.4, -0.2) is 58.8 Å². The molecule has 3 aliphatic rings. The van der Waals surface area contributed by atoms with Crippen molar-refractivity contribution in [2.75, 3.05) is 43.0 Å². The molecule has 7 nitrogen and oxygen atoms in total. The molecule has 1 aromatic carbocycles. The lowest BCUT2D eigenvalue weighted by Gasteiger charge is -2.45. The molecule has 5 heterocycles. The Labute approximate surface area is 233 Å². The van der Waals surface area contributed by atoms with Crippen LogP contribution in [0.1, 0.15) is 81.2 Å². The summed E-state index contributed by atoms with van der Waals surface area (Å²) in [6, 6.07) is 14.0. The first-order chi connectivity index (χ1) is 18.8. The maximum atomic E-state index is 6.12. The fraction of sp³-hybridized carbons (Fsp3) is 0.562. The third kappa shape index (κ3) is 4.90. The number of allylic oxidation sites excluding steroid dienone is 1. The van der Waals surface area contributed by atoms with Crippen molar-refractivity contribution >= 4 is 17.3 Å². The van der Waals surface area contributed by atoms with Gasteiger partial charge in [-0.1, -0.05) is 62.6 Å². The van der Waals surface area contributed by atoms with E-state index in [1.54, 1.807) is 0 Å². The first-order valence-electron chi connectivity index (χ1n) is 15.0. The van der Waals surface area contributed by atoms with Crippen molar-refractivity contribution in [3.8, 4) is 0 Å². The number of benzene rings is 1. The Hall–Kier alpha value is -3.06. The molecular formula is C32H45N7. The van der Waals surface area contributed by atoms with Crippen LogP contribution in [0.4, 0.5) is 11.6 Å². The minimum Gasteiger partial charge on any atom is -0.366 e. The molecule has 3 aliphatic heterocycles. The van der Waals surface area contributed by atoms with Crippen LogP contribution < -0.4 is 15.5 Å². The van der Waals surface area contributed by atoms with Gasteiger partial charge in [0.05, 0.1) is 11.7 Å². The molecule has 0 amide bonds. The fourth-order valence-corrected chi connectivity index (χ4v) is 6.81. The Morgan fingerprint density at radius 3 is 2.49 bits per heavy atom. The van der Waals surface area contributed by atoms with E-state index in [9.17, 15) is 0 Å². The van der Waals surface area contributed by atoms with Gasteiger partial charge in [-0.3, -0.25) is 0 Å². The Balaban J connectivity index is 1.43. The molecule has 2 atom stereocenters. The highest BCUT2D eigenvalue weighted by atomic mass is 15.4. The van der Waals surface area contributed by atoms with E-state index in [-0.39, 0.29) is 17.5 Å². The van der Waals surface area contributed by atoms with E-state index < -0.39 is 0 Å². The summed E-state index contributed by atoms with van der Waals surface area (Å²) < 4.78 is 2.08. The molecule has 0 aliphatic carbocycles. The monoisotopic (exact) mass is 527 g/mol. The summed E-state index contributed by atoms with van der Waals surface area (Å²) >= 11 is 0. The molecule has 0 radical (unpaired) electrons. The average molecular weight is 528 g/mol. The van der Waals surface area contributed by atoms with Gasteiger partial charge in [0.15, 0.2) is 5.65 Å². The molecule has 2 fully saturated rings. The van der Waals surface area contributed by atoms with Gasteiger partial charge in [0.1, 0.15) is 11.6 Å². The number of rotatable bonds is 2. The van der Waals surface area contributed by atoms with Crippen LogP contribution in [-0.2, 0) is 5.41 Å². The van der Waals surface area contributed by atoms with Crippen LogP contribution in [0.5, 0.6) is 0 Å². The smallest absolute Gasteiger partial charge is 0.160 e. The predicted octanol–water partition coefficient (Wildman–Crippen LogP) is 5.58. The maximum absolute atomic E-state index is 6.12. The van der Waals surface area contributed by atoms with Crippen molar-refractivity contribution in [3.05, 3.63) is 65.5 Å². The number of hydrogen-bond donors (Lipinski definition) is 1. The number of nitrogens with two attached hydrogens (primary N) is 1. The van der Waals surface area contributed by atoms with Gasteiger partial charge < -0.3 is 20.4 Å². The van der Waals surface area contributed by atoms with E-state index in [2.05, 4.69) is 76.5 Å². The highest BCUT2D eigenvalue weighted by Gasteiger charge is 2.38. The molecule has 2 bridgehead atoms. The van der Waals surface area contributed by atoms with Crippen molar-refractivity contribution in [2.24, 2.45) is 5.73 Å². The molecule has 0 saturated carbocycles. The highest BCUT2D eigenvalue weighted by Crippen LogP contribution is 2.44. The Bertz CT molecular complexity index is 1320. The molecular weight excluding hydrogens is 482 g/mol. The number of nitrogens with zero attached hydrogens (tertiary/aromatic N) is 6. The van der Waals surface area contributed by atoms with E-state index in [0.29, 0.717) is 0 Å². The summed E-state index contributed by atoms with van der Waals surface area (Å²) in [5.41, 5.74) is 12.0. The molecule has 0 spiro atoms. The quantitative estimate of drug-likeness (QED) is 0.469. The second kappa shape index (κ2) is 10.5. The molecule has 6 rings (SSSR count). The number of hydrogen-bond acceptors (Lipinski definition) is 6. The third-order valence-electron chi connectivity index (χ3n) is 9.48. The van der Waals surface area contributed by atoms with Crippen molar-refractivity contribution in [1.29, 1.82) is 0 Å². The number of anilines is 2. The van der Waals surface area contributed by atoms with Crippen molar-refractivity contribution in [1.82, 2.24) is 19.5 Å². The summed E-state index contributed by atoms with van der Waals surface area (Å²) in [7, 11) is 2.20. The van der Waals surface area contributed by atoms with Crippen LogP contribution in [0.2, 0.25) is 0 Å². The van der Waals surface area contributed by atoms with Gasteiger partial charge >= 0.3 is 0 Å². The van der Waals surface area contributed by atoms with E-state index in [1.165, 1.54) is 48.9 Å². The highest BCUT2D eigenvalue weighted by molar-refractivity contribution is 5.60. The number of fused-ring (bicyclic) bond motifs is 3. The van der Waals surface area contributed by atoms with Gasteiger partial charge in [-0.25, -0.2) is 4.98 Å². The molecule has 3 aromatic rings. The number of piperidine rings is 1. The van der Waals surface area contributed by atoms with Crippen LogP contribution in [0.15, 0.2) is 48.7 Å². The third-order valence-corrected chi connectivity index (χ3v) is 9.48. The lowest BCUT2D eigenvalue weighted by molar-refractivity contribution is 0.162. The van der Waals surface area contributed by atoms with E-state index >= 15 is 0 Å². The molecule has 39 heavy (non-hydrogen) atoms. The summed E-state index contributed by atoms with van der Waals surface area (Å²) in [4.78, 5) is 12.3. The van der Waals surface area contributed by atoms with Crippen LogP contribution in [0, 0.1) is 6.92 Å².